The number of methoxy groups -OCH3 is 1. The lowest BCUT2D eigenvalue weighted by molar-refractivity contribution is -0.134. The van der Waals surface area contributed by atoms with E-state index in [1.54, 1.807) is 7.11 Å². The molecule has 0 saturated carbocycles. The molecule has 5 heteroatoms. The Morgan fingerprint density at radius 3 is 2.55 bits per heavy atom. The normalized spacial score (nSPS) is 16.1. The lowest BCUT2D eigenvalue weighted by atomic mass is 10.2. The Balaban J connectivity index is 1.90. The molecule has 0 unspecified atom stereocenters. The number of hydrogen-bond donors (Lipinski definition) is 0. The number of carbonyl (C=O) groups excluding carboxylic acids is 1. The third-order valence-electron chi connectivity index (χ3n) is 3.53. The number of carbonyl (C=O) groups is 1. The summed E-state index contributed by atoms with van der Waals surface area (Å²) in [6.45, 7) is 5.41. The first kappa shape index (κ1) is 14.7. The molecule has 0 aromatic heterocycles. The maximum Gasteiger partial charge on any atom is 0.260 e. The van der Waals surface area contributed by atoms with Gasteiger partial charge in [-0.2, -0.15) is 0 Å². The van der Waals surface area contributed by atoms with Crippen molar-refractivity contribution in [2.45, 2.75) is 6.92 Å². The van der Waals surface area contributed by atoms with Crippen molar-refractivity contribution in [1.82, 2.24) is 9.80 Å². The van der Waals surface area contributed by atoms with Crippen molar-refractivity contribution < 1.29 is 14.3 Å². The lowest BCUT2D eigenvalue weighted by Gasteiger charge is -2.32. The molecule has 1 aliphatic rings. The predicted molar refractivity (Wildman–Crippen MR) is 77.3 cm³/mol. The van der Waals surface area contributed by atoms with Gasteiger partial charge >= 0.3 is 0 Å². The quantitative estimate of drug-likeness (QED) is 0.829. The van der Waals surface area contributed by atoms with Crippen LogP contribution >= 0.6 is 0 Å². The van der Waals surface area contributed by atoms with Gasteiger partial charge in [-0.15, -0.1) is 0 Å². The molecule has 0 aliphatic carbocycles. The second-order valence-corrected chi connectivity index (χ2v) is 5.13. The Kier molecular flexibility index (Phi) is 4.84. The summed E-state index contributed by atoms with van der Waals surface area (Å²) in [5.74, 6) is 1.30. The Bertz CT molecular complexity index is 468. The number of ether oxygens (including phenoxy) is 2. The average molecular weight is 278 g/mol. The van der Waals surface area contributed by atoms with Gasteiger partial charge in [0.05, 0.1) is 7.11 Å². The number of benzene rings is 1. The summed E-state index contributed by atoms with van der Waals surface area (Å²) >= 11 is 0. The summed E-state index contributed by atoms with van der Waals surface area (Å²) in [5, 5.41) is 0. The van der Waals surface area contributed by atoms with Crippen molar-refractivity contribution in [1.29, 1.82) is 0 Å². The fourth-order valence-electron chi connectivity index (χ4n) is 2.18. The zero-order chi connectivity index (χ0) is 14.5. The van der Waals surface area contributed by atoms with Crippen LogP contribution in [0.15, 0.2) is 18.2 Å². The minimum Gasteiger partial charge on any atom is -0.493 e. The summed E-state index contributed by atoms with van der Waals surface area (Å²) in [6, 6.07) is 5.68. The van der Waals surface area contributed by atoms with E-state index in [2.05, 4.69) is 11.9 Å². The van der Waals surface area contributed by atoms with Crippen LogP contribution in [0.5, 0.6) is 11.5 Å². The monoisotopic (exact) mass is 278 g/mol. The third kappa shape index (κ3) is 3.63. The van der Waals surface area contributed by atoms with E-state index < -0.39 is 0 Å². The van der Waals surface area contributed by atoms with Gasteiger partial charge in [-0.1, -0.05) is 6.07 Å². The van der Waals surface area contributed by atoms with Gasteiger partial charge < -0.3 is 19.3 Å². The van der Waals surface area contributed by atoms with Crippen LogP contribution in [0.2, 0.25) is 0 Å². The molecule has 1 saturated heterocycles. The lowest BCUT2D eigenvalue weighted by Crippen LogP contribution is -2.48. The third-order valence-corrected chi connectivity index (χ3v) is 3.53. The highest BCUT2D eigenvalue weighted by Crippen LogP contribution is 2.27. The number of amides is 1. The first-order valence-electron chi connectivity index (χ1n) is 6.84. The molecule has 1 aliphatic heterocycles. The maximum atomic E-state index is 12.1. The Morgan fingerprint density at radius 1 is 1.20 bits per heavy atom. The Morgan fingerprint density at radius 2 is 1.90 bits per heavy atom. The smallest absolute Gasteiger partial charge is 0.260 e. The second kappa shape index (κ2) is 6.61. The van der Waals surface area contributed by atoms with E-state index in [0.717, 1.165) is 31.7 Å². The molecule has 0 atom stereocenters. The highest BCUT2D eigenvalue weighted by Gasteiger charge is 2.19. The summed E-state index contributed by atoms with van der Waals surface area (Å²) in [5.41, 5.74) is 1.10. The van der Waals surface area contributed by atoms with E-state index >= 15 is 0 Å². The van der Waals surface area contributed by atoms with E-state index in [1.165, 1.54) is 0 Å². The van der Waals surface area contributed by atoms with Crippen LogP contribution in [-0.4, -0.2) is 62.7 Å². The number of likely N-dealkylation sites (N-methyl/N-ethyl adjacent to an activating group) is 1. The maximum absolute atomic E-state index is 12.1. The molecule has 0 bridgehead atoms. The minimum absolute atomic E-state index is 0.0285. The van der Waals surface area contributed by atoms with E-state index in [0.29, 0.717) is 11.5 Å². The molecular formula is C15H22N2O3. The van der Waals surface area contributed by atoms with Crippen molar-refractivity contribution in [3.8, 4) is 11.5 Å². The fourth-order valence-corrected chi connectivity index (χ4v) is 2.18. The topological polar surface area (TPSA) is 42.0 Å². The molecule has 20 heavy (non-hydrogen) atoms. The molecule has 2 rings (SSSR count). The van der Waals surface area contributed by atoms with Crippen molar-refractivity contribution in [2.24, 2.45) is 0 Å². The number of piperazine rings is 1. The summed E-state index contributed by atoms with van der Waals surface area (Å²) in [7, 11) is 3.67. The molecule has 5 nitrogen and oxygen atoms in total. The predicted octanol–water partition coefficient (Wildman–Crippen LogP) is 1.16. The number of rotatable bonds is 4. The number of hydrogen-bond acceptors (Lipinski definition) is 4. The largest absolute Gasteiger partial charge is 0.493 e. The first-order valence-corrected chi connectivity index (χ1v) is 6.84. The van der Waals surface area contributed by atoms with Crippen LogP contribution in [0, 0.1) is 6.92 Å². The summed E-state index contributed by atoms with van der Waals surface area (Å²) in [6.07, 6.45) is 0. The van der Waals surface area contributed by atoms with Crippen molar-refractivity contribution in [3.05, 3.63) is 23.8 Å². The molecule has 0 spiro atoms. The molecule has 1 amide bonds. The van der Waals surface area contributed by atoms with E-state index in [-0.39, 0.29) is 12.5 Å². The molecule has 1 heterocycles. The van der Waals surface area contributed by atoms with Gasteiger partial charge in [-0.25, -0.2) is 0 Å². The molecule has 110 valence electrons. The zero-order valence-corrected chi connectivity index (χ0v) is 12.4. The van der Waals surface area contributed by atoms with Crippen LogP contribution in [0.1, 0.15) is 5.56 Å². The SMILES string of the molecule is COc1cc(C)ccc1OCC(=O)N1CCN(C)CC1. The van der Waals surface area contributed by atoms with Crippen molar-refractivity contribution in [2.75, 3.05) is 46.9 Å². The van der Waals surface area contributed by atoms with E-state index in [1.807, 2.05) is 30.0 Å². The number of aryl methyl sites for hydroxylation is 1. The molecule has 0 N–H and O–H groups in total. The second-order valence-electron chi connectivity index (χ2n) is 5.13. The van der Waals surface area contributed by atoms with Crippen LogP contribution < -0.4 is 9.47 Å². The minimum atomic E-state index is 0.0285. The van der Waals surface area contributed by atoms with Gasteiger partial charge in [0.15, 0.2) is 18.1 Å². The standard InChI is InChI=1S/C15H22N2O3/c1-12-4-5-13(14(10-12)19-3)20-11-15(18)17-8-6-16(2)7-9-17/h4-5,10H,6-9,11H2,1-3H3. The first-order chi connectivity index (χ1) is 9.60. The molecule has 0 radical (unpaired) electrons. The van der Waals surface area contributed by atoms with Gasteiger partial charge in [-0.05, 0) is 31.7 Å². The number of nitrogens with zero attached hydrogens (tertiary/aromatic N) is 2. The fraction of sp³-hybridized carbons (Fsp3) is 0.533. The van der Waals surface area contributed by atoms with E-state index in [9.17, 15) is 4.79 Å². The van der Waals surface area contributed by atoms with Crippen molar-refractivity contribution >= 4 is 5.91 Å². The Labute approximate surface area is 120 Å². The average Bonchev–Trinajstić information content (AvgIpc) is 2.46. The zero-order valence-electron chi connectivity index (χ0n) is 12.4. The van der Waals surface area contributed by atoms with Crippen LogP contribution in [0.4, 0.5) is 0 Å². The molecular weight excluding hydrogens is 256 g/mol. The summed E-state index contributed by atoms with van der Waals surface area (Å²) in [4.78, 5) is 16.2. The van der Waals surface area contributed by atoms with Gasteiger partial charge in [-0.3, -0.25) is 4.79 Å². The van der Waals surface area contributed by atoms with Crippen molar-refractivity contribution in [3.63, 3.8) is 0 Å². The molecule has 1 aromatic rings. The molecule has 1 fully saturated rings. The van der Waals surface area contributed by atoms with Gasteiger partial charge in [0, 0.05) is 26.2 Å². The highest BCUT2D eigenvalue weighted by atomic mass is 16.5. The van der Waals surface area contributed by atoms with E-state index in [4.69, 9.17) is 9.47 Å². The van der Waals surface area contributed by atoms with Crippen LogP contribution in [0.25, 0.3) is 0 Å². The van der Waals surface area contributed by atoms with Gasteiger partial charge in [0.25, 0.3) is 5.91 Å². The van der Waals surface area contributed by atoms with Gasteiger partial charge in [0.1, 0.15) is 0 Å². The Hall–Kier alpha value is -1.75. The molecule has 1 aromatic carbocycles. The van der Waals surface area contributed by atoms with Crippen LogP contribution in [-0.2, 0) is 4.79 Å². The van der Waals surface area contributed by atoms with Crippen LogP contribution in [0.3, 0.4) is 0 Å². The van der Waals surface area contributed by atoms with Gasteiger partial charge in [0.2, 0.25) is 0 Å². The summed E-state index contributed by atoms with van der Waals surface area (Å²) < 4.78 is 10.9. The highest BCUT2D eigenvalue weighted by molar-refractivity contribution is 5.78.